The molecule has 0 aliphatic heterocycles. The SMILES string of the molecule is CNCC1CCCCC1c1cccc(F)c1. The van der Waals surface area contributed by atoms with Crippen molar-refractivity contribution in [2.75, 3.05) is 13.6 Å². The van der Waals surface area contributed by atoms with E-state index in [1.165, 1.54) is 37.3 Å². The third-order valence-corrected chi connectivity index (χ3v) is 3.65. The van der Waals surface area contributed by atoms with Crippen LogP contribution in [0.1, 0.15) is 37.2 Å². The molecule has 0 aromatic heterocycles. The van der Waals surface area contributed by atoms with Crippen molar-refractivity contribution in [1.29, 1.82) is 0 Å². The van der Waals surface area contributed by atoms with Gasteiger partial charge in [0.05, 0.1) is 0 Å². The van der Waals surface area contributed by atoms with Crippen molar-refractivity contribution in [2.45, 2.75) is 31.6 Å². The Kier molecular flexibility index (Phi) is 3.94. The molecule has 0 heterocycles. The Labute approximate surface area is 97.1 Å². The molecule has 0 amide bonds. The summed E-state index contributed by atoms with van der Waals surface area (Å²) in [6.07, 6.45) is 5.07. The molecule has 16 heavy (non-hydrogen) atoms. The van der Waals surface area contributed by atoms with Gasteiger partial charge in [0.15, 0.2) is 0 Å². The largest absolute Gasteiger partial charge is 0.319 e. The number of benzene rings is 1. The molecule has 0 saturated heterocycles. The average molecular weight is 221 g/mol. The first kappa shape index (κ1) is 11.6. The maximum absolute atomic E-state index is 13.2. The van der Waals surface area contributed by atoms with Crippen molar-refractivity contribution in [1.82, 2.24) is 5.32 Å². The van der Waals surface area contributed by atoms with E-state index in [0.29, 0.717) is 11.8 Å². The lowest BCUT2D eigenvalue weighted by Gasteiger charge is -2.31. The Hall–Kier alpha value is -0.890. The van der Waals surface area contributed by atoms with Crippen LogP contribution >= 0.6 is 0 Å². The van der Waals surface area contributed by atoms with E-state index >= 15 is 0 Å². The number of hydrogen-bond acceptors (Lipinski definition) is 1. The van der Waals surface area contributed by atoms with Gasteiger partial charge in [0.25, 0.3) is 0 Å². The van der Waals surface area contributed by atoms with Gasteiger partial charge in [-0.15, -0.1) is 0 Å². The zero-order valence-corrected chi connectivity index (χ0v) is 9.88. The number of nitrogens with one attached hydrogen (secondary N) is 1. The van der Waals surface area contributed by atoms with E-state index in [9.17, 15) is 4.39 Å². The fourth-order valence-corrected chi connectivity index (χ4v) is 2.89. The summed E-state index contributed by atoms with van der Waals surface area (Å²) in [4.78, 5) is 0. The highest BCUT2D eigenvalue weighted by Gasteiger charge is 2.25. The first-order valence-corrected chi connectivity index (χ1v) is 6.21. The molecule has 1 N–H and O–H groups in total. The van der Waals surface area contributed by atoms with Gasteiger partial charge in [0, 0.05) is 0 Å². The summed E-state index contributed by atoms with van der Waals surface area (Å²) >= 11 is 0. The first-order valence-electron chi connectivity index (χ1n) is 6.21. The smallest absolute Gasteiger partial charge is 0.123 e. The van der Waals surface area contributed by atoms with Gasteiger partial charge in [-0.1, -0.05) is 25.0 Å². The van der Waals surface area contributed by atoms with Gasteiger partial charge >= 0.3 is 0 Å². The second-order valence-electron chi connectivity index (χ2n) is 4.76. The highest BCUT2D eigenvalue weighted by atomic mass is 19.1. The normalized spacial score (nSPS) is 25.6. The van der Waals surface area contributed by atoms with Crippen LogP contribution in [-0.2, 0) is 0 Å². The molecule has 2 heteroatoms. The van der Waals surface area contributed by atoms with E-state index in [2.05, 4.69) is 11.4 Å². The molecule has 1 aliphatic carbocycles. The van der Waals surface area contributed by atoms with Gasteiger partial charge in [-0.3, -0.25) is 0 Å². The van der Waals surface area contributed by atoms with E-state index in [4.69, 9.17) is 0 Å². The molecule has 2 atom stereocenters. The standard InChI is InChI=1S/C14H20FN/c1-16-10-12-5-2-3-8-14(12)11-6-4-7-13(15)9-11/h4,6-7,9,12,14,16H,2-3,5,8,10H2,1H3. The molecule has 0 bridgehead atoms. The van der Waals surface area contributed by atoms with Crippen LogP contribution in [0.25, 0.3) is 0 Å². The van der Waals surface area contributed by atoms with Crippen LogP contribution in [0.5, 0.6) is 0 Å². The summed E-state index contributed by atoms with van der Waals surface area (Å²) in [7, 11) is 2.00. The van der Waals surface area contributed by atoms with Crippen LogP contribution in [0, 0.1) is 11.7 Å². The monoisotopic (exact) mass is 221 g/mol. The van der Waals surface area contributed by atoms with Crippen LogP contribution in [0.15, 0.2) is 24.3 Å². The predicted octanol–water partition coefficient (Wildman–Crippen LogP) is 3.32. The molecule has 88 valence electrons. The number of halogens is 1. The zero-order chi connectivity index (χ0) is 11.4. The molecule has 2 rings (SSSR count). The Morgan fingerprint density at radius 3 is 2.88 bits per heavy atom. The molecular weight excluding hydrogens is 201 g/mol. The number of hydrogen-bond donors (Lipinski definition) is 1. The van der Waals surface area contributed by atoms with E-state index in [-0.39, 0.29) is 5.82 Å². The van der Waals surface area contributed by atoms with Crippen molar-refractivity contribution >= 4 is 0 Å². The lowest BCUT2D eigenvalue weighted by Crippen LogP contribution is -2.27. The summed E-state index contributed by atoms with van der Waals surface area (Å²) in [5.41, 5.74) is 1.18. The summed E-state index contributed by atoms with van der Waals surface area (Å²) in [6.45, 7) is 1.04. The molecule has 1 nitrogen and oxygen atoms in total. The summed E-state index contributed by atoms with van der Waals surface area (Å²) in [5.74, 6) is 1.10. The van der Waals surface area contributed by atoms with Crippen LogP contribution in [0.4, 0.5) is 4.39 Å². The van der Waals surface area contributed by atoms with E-state index in [0.717, 1.165) is 6.54 Å². The second kappa shape index (κ2) is 5.44. The van der Waals surface area contributed by atoms with Crippen LogP contribution in [-0.4, -0.2) is 13.6 Å². The second-order valence-corrected chi connectivity index (χ2v) is 4.76. The van der Waals surface area contributed by atoms with E-state index in [1.54, 1.807) is 6.07 Å². The van der Waals surface area contributed by atoms with Crippen molar-refractivity contribution in [3.8, 4) is 0 Å². The third kappa shape index (κ3) is 2.62. The topological polar surface area (TPSA) is 12.0 Å². The Morgan fingerprint density at radius 2 is 2.12 bits per heavy atom. The summed E-state index contributed by atoms with van der Waals surface area (Å²) in [6, 6.07) is 7.13. The fraction of sp³-hybridized carbons (Fsp3) is 0.571. The minimum atomic E-state index is -0.105. The minimum absolute atomic E-state index is 0.105. The molecule has 1 saturated carbocycles. The predicted molar refractivity (Wildman–Crippen MR) is 65.0 cm³/mol. The van der Waals surface area contributed by atoms with E-state index in [1.807, 2.05) is 13.1 Å². The molecule has 0 spiro atoms. The van der Waals surface area contributed by atoms with Crippen molar-refractivity contribution in [3.05, 3.63) is 35.6 Å². The molecule has 1 aromatic rings. The van der Waals surface area contributed by atoms with Gasteiger partial charge < -0.3 is 5.32 Å². The Morgan fingerprint density at radius 1 is 1.31 bits per heavy atom. The first-order chi connectivity index (χ1) is 7.81. The van der Waals surface area contributed by atoms with Gasteiger partial charge in [-0.25, -0.2) is 4.39 Å². The molecule has 1 fully saturated rings. The molecular formula is C14H20FN. The molecule has 1 aliphatic rings. The lowest BCUT2D eigenvalue weighted by molar-refractivity contribution is 0.300. The lowest BCUT2D eigenvalue weighted by atomic mass is 9.75. The fourth-order valence-electron chi connectivity index (χ4n) is 2.89. The summed E-state index contributed by atoms with van der Waals surface area (Å²) < 4.78 is 13.2. The summed E-state index contributed by atoms with van der Waals surface area (Å²) in [5, 5.41) is 3.26. The average Bonchev–Trinajstić information content (AvgIpc) is 2.30. The zero-order valence-electron chi connectivity index (χ0n) is 9.88. The number of rotatable bonds is 3. The van der Waals surface area contributed by atoms with Crippen LogP contribution in [0.2, 0.25) is 0 Å². The maximum atomic E-state index is 13.2. The van der Waals surface area contributed by atoms with Gasteiger partial charge in [-0.2, -0.15) is 0 Å². The van der Waals surface area contributed by atoms with Crippen molar-refractivity contribution in [3.63, 3.8) is 0 Å². The molecule has 2 unspecified atom stereocenters. The maximum Gasteiger partial charge on any atom is 0.123 e. The Bertz CT molecular complexity index is 335. The van der Waals surface area contributed by atoms with E-state index < -0.39 is 0 Å². The highest BCUT2D eigenvalue weighted by molar-refractivity contribution is 5.22. The van der Waals surface area contributed by atoms with Gasteiger partial charge in [-0.05, 0) is 56.0 Å². The molecule has 1 aromatic carbocycles. The van der Waals surface area contributed by atoms with Crippen molar-refractivity contribution in [2.24, 2.45) is 5.92 Å². The highest BCUT2D eigenvalue weighted by Crippen LogP contribution is 2.37. The van der Waals surface area contributed by atoms with Gasteiger partial charge in [0.2, 0.25) is 0 Å². The Balaban J connectivity index is 2.16. The quantitative estimate of drug-likeness (QED) is 0.825. The van der Waals surface area contributed by atoms with Crippen LogP contribution in [0.3, 0.4) is 0 Å². The van der Waals surface area contributed by atoms with Crippen LogP contribution < -0.4 is 5.32 Å². The van der Waals surface area contributed by atoms with Gasteiger partial charge in [0.1, 0.15) is 5.82 Å². The molecule has 0 radical (unpaired) electrons. The van der Waals surface area contributed by atoms with Crippen molar-refractivity contribution < 1.29 is 4.39 Å². The minimum Gasteiger partial charge on any atom is -0.319 e. The third-order valence-electron chi connectivity index (χ3n) is 3.65.